The van der Waals surface area contributed by atoms with Gasteiger partial charge in [-0.15, -0.1) is 0 Å². The van der Waals surface area contributed by atoms with Gasteiger partial charge >= 0.3 is 0 Å². The van der Waals surface area contributed by atoms with Crippen molar-refractivity contribution in [2.24, 2.45) is 5.73 Å². The van der Waals surface area contributed by atoms with Gasteiger partial charge in [0.1, 0.15) is 18.1 Å². The minimum absolute atomic E-state index is 0.185. The maximum absolute atomic E-state index is 11.1. The van der Waals surface area contributed by atoms with Crippen LogP contribution < -0.4 is 11.1 Å². The molecule has 0 saturated heterocycles. The number of nitrogens with zero attached hydrogens (tertiary/aromatic N) is 4. The van der Waals surface area contributed by atoms with Crippen molar-refractivity contribution in [3.63, 3.8) is 0 Å². The van der Waals surface area contributed by atoms with Crippen LogP contribution in [0.1, 0.15) is 30.2 Å². The number of nitrogens with one attached hydrogen (secondary N) is 1. The van der Waals surface area contributed by atoms with E-state index >= 15 is 0 Å². The highest BCUT2D eigenvalue weighted by Gasteiger charge is 2.10. The lowest BCUT2D eigenvalue weighted by molar-refractivity contribution is 0.0995. The Morgan fingerprint density at radius 2 is 2.24 bits per heavy atom. The molecule has 8 heteroatoms. The molecule has 0 aliphatic rings. The molecule has 0 atom stereocenters. The van der Waals surface area contributed by atoms with Crippen molar-refractivity contribution in [2.75, 3.05) is 18.5 Å². The van der Waals surface area contributed by atoms with E-state index in [0.717, 1.165) is 6.54 Å². The normalized spacial score (nSPS) is 10.6. The minimum atomic E-state index is -0.579. The second-order valence-electron chi connectivity index (χ2n) is 4.20. The Balaban J connectivity index is 2.35. The van der Waals surface area contributed by atoms with Gasteiger partial charge < -0.3 is 15.8 Å². The summed E-state index contributed by atoms with van der Waals surface area (Å²) in [5.41, 5.74) is 5.38. The van der Waals surface area contributed by atoms with E-state index in [4.69, 9.17) is 10.5 Å². The number of nitrogens with two attached hydrogens (primary N) is 1. The SMILES string of the molecule is CCNc1cc(-n2ccc(C(N)=O)n2)nc(COCC)n1. The first-order valence-corrected chi connectivity index (χ1v) is 6.69. The summed E-state index contributed by atoms with van der Waals surface area (Å²) < 4.78 is 6.81. The molecule has 0 fully saturated rings. The zero-order valence-corrected chi connectivity index (χ0v) is 12.0. The number of carbonyl (C=O) groups is 1. The summed E-state index contributed by atoms with van der Waals surface area (Å²) in [4.78, 5) is 19.8. The lowest BCUT2D eigenvalue weighted by atomic mass is 10.4. The highest BCUT2D eigenvalue weighted by Crippen LogP contribution is 2.12. The Morgan fingerprint density at radius 3 is 2.86 bits per heavy atom. The second kappa shape index (κ2) is 6.80. The van der Waals surface area contributed by atoms with Gasteiger partial charge in [0, 0.05) is 25.4 Å². The average molecular weight is 290 g/mol. The number of anilines is 1. The quantitative estimate of drug-likeness (QED) is 0.778. The Bertz CT molecular complexity index is 625. The molecule has 2 aromatic rings. The third-order valence-corrected chi connectivity index (χ3v) is 2.63. The molecular formula is C13H18N6O2. The molecule has 0 radical (unpaired) electrons. The summed E-state index contributed by atoms with van der Waals surface area (Å²) in [6.07, 6.45) is 1.63. The summed E-state index contributed by atoms with van der Waals surface area (Å²) >= 11 is 0. The number of ether oxygens (including phenoxy) is 1. The number of primary amides is 1. The van der Waals surface area contributed by atoms with Gasteiger partial charge in [0.15, 0.2) is 11.6 Å². The van der Waals surface area contributed by atoms with Crippen LogP contribution in [-0.4, -0.2) is 38.8 Å². The van der Waals surface area contributed by atoms with Crippen LogP contribution in [0.3, 0.4) is 0 Å². The number of hydrogen-bond donors (Lipinski definition) is 2. The zero-order valence-electron chi connectivity index (χ0n) is 12.0. The van der Waals surface area contributed by atoms with Gasteiger partial charge in [0.05, 0.1) is 0 Å². The number of hydrogen-bond acceptors (Lipinski definition) is 6. The fourth-order valence-electron chi connectivity index (χ4n) is 1.71. The maximum atomic E-state index is 11.1. The molecule has 0 aromatic carbocycles. The Labute approximate surface area is 122 Å². The molecule has 0 spiro atoms. The van der Waals surface area contributed by atoms with Crippen molar-refractivity contribution in [3.05, 3.63) is 29.8 Å². The molecule has 2 heterocycles. The number of carbonyl (C=O) groups excluding carboxylic acids is 1. The van der Waals surface area contributed by atoms with E-state index < -0.39 is 5.91 Å². The largest absolute Gasteiger partial charge is 0.374 e. The molecule has 0 saturated carbocycles. The van der Waals surface area contributed by atoms with Crippen LogP contribution in [0.4, 0.5) is 5.82 Å². The minimum Gasteiger partial charge on any atom is -0.374 e. The Kier molecular flexibility index (Phi) is 4.83. The van der Waals surface area contributed by atoms with Gasteiger partial charge in [-0.1, -0.05) is 0 Å². The third kappa shape index (κ3) is 3.76. The van der Waals surface area contributed by atoms with E-state index in [9.17, 15) is 4.79 Å². The van der Waals surface area contributed by atoms with E-state index in [-0.39, 0.29) is 5.69 Å². The fraction of sp³-hybridized carbons (Fsp3) is 0.385. The van der Waals surface area contributed by atoms with Gasteiger partial charge in [0.25, 0.3) is 5.91 Å². The number of amides is 1. The van der Waals surface area contributed by atoms with Gasteiger partial charge in [-0.05, 0) is 19.9 Å². The summed E-state index contributed by atoms with van der Waals surface area (Å²) in [7, 11) is 0. The summed E-state index contributed by atoms with van der Waals surface area (Å²) in [5, 5.41) is 7.21. The van der Waals surface area contributed by atoms with Crippen LogP contribution in [-0.2, 0) is 11.3 Å². The molecule has 8 nitrogen and oxygen atoms in total. The molecule has 2 aromatic heterocycles. The fourth-order valence-corrected chi connectivity index (χ4v) is 1.71. The van der Waals surface area contributed by atoms with E-state index in [1.165, 1.54) is 4.68 Å². The van der Waals surface area contributed by atoms with Gasteiger partial charge in [0.2, 0.25) is 0 Å². The van der Waals surface area contributed by atoms with Crippen LogP contribution >= 0.6 is 0 Å². The van der Waals surface area contributed by atoms with Crippen LogP contribution in [0.25, 0.3) is 5.82 Å². The average Bonchev–Trinajstić information content (AvgIpc) is 2.95. The first-order chi connectivity index (χ1) is 10.1. The molecule has 1 amide bonds. The van der Waals surface area contributed by atoms with Crippen molar-refractivity contribution >= 4 is 11.7 Å². The standard InChI is InChI=1S/C13H18N6O2/c1-3-15-10-7-12(17-11(16-10)8-21-4-2)19-6-5-9(18-19)13(14)20/h5-7H,3-4,8H2,1-2H3,(H2,14,20)(H,15,16,17). The van der Waals surface area contributed by atoms with Crippen molar-refractivity contribution in [1.29, 1.82) is 0 Å². The Morgan fingerprint density at radius 1 is 1.43 bits per heavy atom. The predicted octanol–water partition coefficient (Wildman–Crippen LogP) is 0.729. The van der Waals surface area contributed by atoms with Crippen LogP contribution in [0.15, 0.2) is 18.3 Å². The molecule has 0 aliphatic heterocycles. The first-order valence-electron chi connectivity index (χ1n) is 6.69. The van der Waals surface area contributed by atoms with Crippen molar-refractivity contribution in [2.45, 2.75) is 20.5 Å². The van der Waals surface area contributed by atoms with Crippen molar-refractivity contribution in [1.82, 2.24) is 19.7 Å². The summed E-state index contributed by atoms with van der Waals surface area (Å²) in [6.45, 7) is 5.51. The molecule has 2 rings (SSSR count). The molecule has 0 unspecified atom stereocenters. The van der Waals surface area contributed by atoms with E-state index in [2.05, 4.69) is 20.4 Å². The Hall–Kier alpha value is -2.48. The van der Waals surface area contributed by atoms with Crippen molar-refractivity contribution in [3.8, 4) is 5.82 Å². The molecule has 0 aliphatic carbocycles. The van der Waals surface area contributed by atoms with Gasteiger partial charge in [-0.3, -0.25) is 4.79 Å². The smallest absolute Gasteiger partial charge is 0.269 e. The number of rotatable bonds is 7. The monoisotopic (exact) mass is 290 g/mol. The zero-order chi connectivity index (χ0) is 15.2. The lowest BCUT2D eigenvalue weighted by Crippen LogP contribution is -2.13. The summed E-state index contributed by atoms with van der Waals surface area (Å²) in [6, 6.07) is 3.29. The maximum Gasteiger partial charge on any atom is 0.269 e. The second-order valence-corrected chi connectivity index (χ2v) is 4.20. The number of aromatic nitrogens is 4. The predicted molar refractivity (Wildman–Crippen MR) is 77.2 cm³/mol. The topological polar surface area (TPSA) is 108 Å². The van der Waals surface area contributed by atoms with Gasteiger partial charge in [-0.2, -0.15) is 5.10 Å². The molecule has 0 bridgehead atoms. The van der Waals surface area contributed by atoms with Crippen LogP contribution in [0.5, 0.6) is 0 Å². The van der Waals surface area contributed by atoms with E-state index in [0.29, 0.717) is 30.7 Å². The highest BCUT2D eigenvalue weighted by atomic mass is 16.5. The molecular weight excluding hydrogens is 272 g/mol. The van der Waals surface area contributed by atoms with Gasteiger partial charge in [-0.25, -0.2) is 14.6 Å². The third-order valence-electron chi connectivity index (χ3n) is 2.63. The van der Waals surface area contributed by atoms with E-state index in [1.807, 2.05) is 13.8 Å². The lowest BCUT2D eigenvalue weighted by Gasteiger charge is -2.09. The van der Waals surface area contributed by atoms with Crippen LogP contribution in [0, 0.1) is 0 Å². The molecule has 112 valence electrons. The van der Waals surface area contributed by atoms with Crippen LogP contribution in [0.2, 0.25) is 0 Å². The first kappa shape index (κ1) is 14.9. The highest BCUT2D eigenvalue weighted by molar-refractivity contribution is 5.90. The van der Waals surface area contributed by atoms with E-state index in [1.54, 1.807) is 18.3 Å². The molecule has 3 N–H and O–H groups in total. The van der Waals surface area contributed by atoms with Crippen molar-refractivity contribution < 1.29 is 9.53 Å². The summed E-state index contributed by atoms with van der Waals surface area (Å²) in [5.74, 6) is 1.18. The molecule has 21 heavy (non-hydrogen) atoms.